The number of amides is 1. The van der Waals surface area contributed by atoms with Gasteiger partial charge < -0.3 is 5.32 Å². The van der Waals surface area contributed by atoms with Crippen LogP contribution in [0.15, 0.2) is 30.3 Å². The van der Waals surface area contributed by atoms with Crippen LogP contribution in [-0.4, -0.2) is 22.0 Å². The first-order valence-corrected chi connectivity index (χ1v) is 7.14. The van der Waals surface area contributed by atoms with Crippen LogP contribution in [0.3, 0.4) is 0 Å². The molecule has 0 aliphatic heterocycles. The van der Waals surface area contributed by atoms with E-state index in [1.165, 1.54) is 5.56 Å². The second-order valence-corrected chi connectivity index (χ2v) is 5.18. The summed E-state index contributed by atoms with van der Waals surface area (Å²) in [6.07, 6.45) is 0.730. The van der Waals surface area contributed by atoms with Crippen LogP contribution < -0.4 is 5.32 Å². The van der Waals surface area contributed by atoms with Crippen LogP contribution in [-0.2, 0) is 6.42 Å². The van der Waals surface area contributed by atoms with Gasteiger partial charge in [0.25, 0.3) is 5.91 Å². The molecule has 1 heterocycles. The number of rotatable bonds is 5. The third-order valence-electron chi connectivity index (χ3n) is 3.03. The maximum Gasteiger partial charge on any atom is 0.264 e. The van der Waals surface area contributed by atoms with E-state index in [0.29, 0.717) is 11.4 Å². The fourth-order valence-corrected chi connectivity index (χ4v) is 2.50. The standard InChI is InChI=1S/C14H17N3OS/c1-3-12-13(19-17-16-12)14(18)15-9-10(2)11-7-5-4-6-8-11/h4-8,10H,3,9H2,1-2H3,(H,15,18)/t10-/m0/s1. The number of hydrogen-bond donors (Lipinski definition) is 1. The normalized spacial score (nSPS) is 12.1. The molecule has 1 N–H and O–H groups in total. The van der Waals surface area contributed by atoms with Crippen molar-refractivity contribution >= 4 is 17.4 Å². The summed E-state index contributed by atoms with van der Waals surface area (Å²) in [4.78, 5) is 12.7. The highest BCUT2D eigenvalue weighted by molar-refractivity contribution is 7.08. The Morgan fingerprint density at radius 1 is 1.37 bits per heavy atom. The number of aryl methyl sites for hydroxylation is 1. The number of nitrogens with one attached hydrogen (secondary N) is 1. The third-order valence-corrected chi connectivity index (χ3v) is 3.80. The Morgan fingerprint density at radius 3 is 2.79 bits per heavy atom. The highest BCUT2D eigenvalue weighted by Crippen LogP contribution is 2.15. The van der Waals surface area contributed by atoms with Crippen molar-refractivity contribution in [2.45, 2.75) is 26.2 Å². The van der Waals surface area contributed by atoms with Crippen molar-refractivity contribution in [3.8, 4) is 0 Å². The Morgan fingerprint density at radius 2 is 2.11 bits per heavy atom. The van der Waals surface area contributed by atoms with Crippen LogP contribution in [0.1, 0.15) is 40.7 Å². The molecular formula is C14H17N3OS. The van der Waals surface area contributed by atoms with Crippen LogP contribution in [0.5, 0.6) is 0 Å². The number of carbonyl (C=O) groups excluding carboxylic acids is 1. The lowest BCUT2D eigenvalue weighted by molar-refractivity contribution is 0.0954. The maximum atomic E-state index is 12.0. The monoisotopic (exact) mass is 275 g/mol. The molecule has 5 heteroatoms. The second-order valence-electron chi connectivity index (χ2n) is 4.42. The summed E-state index contributed by atoms with van der Waals surface area (Å²) in [5.74, 6) is 0.214. The van der Waals surface area contributed by atoms with Crippen LogP contribution in [0.25, 0.3) is 0 Å². The van der Waals surface area contributed by atoms with Gasteiger partial charge in [0.15, 0.2) is 0 Å². The van der Waals surface area contributed by atoms with Gasteiger partial charge in [0.1, 0.15) is 4.88 Å². The summed E-state index contributed by atoms with van der Waals surface area (Å²) in [6, 6.07) is 10.2. The van der Waals surface area contributed by atoms with E-state index in [9.17, 15) is 4.79 Å². The van der Waals surface area contributed by atoms with Gasteiger partial charge in [-0.2, -0.15) is 0 Å². The minimum Gasteiger partial charge on any atom is -0.351 e. The fraction of sp³-hybridized carbons (Fsp3) is 0.357. The lowest BCUT2D eigenvalue weighted by Crippen LogP contribution is -2.27. The van der Waals surface area contributed by atoms with Crippen molar-refractivity contribution in [2.75, 3.05) is 6.54 Å². The minimum atomic E-state index is -0.0744. The van der Waals surface area contributed by atoms with Crippen molar-refractivity contribution in [1.29, 1.82) is 0 Å². The summed E-state index contributed by atoms with van der Waals surface area (Å²) in [6.45, 7) is 4.69. The number of carbonyl (C=O) groups is 1. The molecule has 0 spiro atoms. The fourth-order valence-electron chi connectivity index (χ4n) is 1.84. The first-order valence-electron chi connectivity index (χ1n) is 6.36. The second kappa shape index (κ2) is 6.43. The summed E-state index contributed by atoms with van der Waals surface area (Å²) in [5, 5.41) is 6.90. The summed E-state index contributed by atoms with van der Waals surface area (Å²) < 4.78 is 3.83. The Kier molecular flexibility index (Phi) is 4.63. The van der Waals surface area contributed by atoms with Crippen molar-refractivity contribution in [3.05, 3.63) is 46.5 Å². The zero-order valence-corrected chi connectivity index (χ0v) is 11.9. The summed E-state index contributed by atoms with van der Waals surface area (Å²) in [5.41, 5.74) is 2.00. The van der Waals surface area contributed by atoms with E-state index in [2.05, 4.69) is 34.0 Å². The van der Waals surface area contributed by atoms with Crippen LogP contribution in [0, 0.1) is 0 Å². The largest absolute Gasteiger partial charge is 0.351 e. The Bertz CT molecular complexity index is 539. The average molecular weight is 275 g/mol. The molecule has 0 bridgehead atoms. The van der Waals surface area contributed by atoms with Gasteiger partial charge in [-0.1, -0.05) is 48.7 Å². The van der Waals surface area contributed by atoms with E-state index in [4.69, 9.17) is 0 Å². The van der Waals surface area contributed by atoms with Crippen molar-refractivity contribution in [3.63, 3.8) is 0 Å². The molecule has 0 radical (unpaired) electrons. The highest BCUT2D eigenvalue weighted by atomic mass is 32.1. The molecule has 4 nitrogen and oxygen atoms in total. The Balaban J connectivity index is 1.94. The molecule has 0 fully saturated rings. The van der Waals surface area contributed by atoms with Gasteiger partial charge in [-0.3, -0.25) is 4.79 Å². The molecule has 100 valence electrons. The van der Waals surface area contributed by atoms with Gasteiger partial charge in [-0.05, 0) is 29.4 Å². The molecule has 19 heavy (non-hydrogen) atoms. The van der Waals surface area contributed by atoms with Gasteiger partial charge in [0, 0.05) is 6.54 Å². The van der Waals surface area contributed by atoms with Crippen LogP contribution >= 0.6 is 11.5 Å². The zero-order chi connectivity index (χ0) is 13.7. The molecule has 1 atom stereocenters. The topological polar surface area (TPSA) is 54.9 Å². The molecule has 2 rings (SSSR count). The van der Waals surface area contributed by atoms with Gasteiger partial charge in [0.05, 0.1) is 5.69 Å². The van der Waals surface area contributed by atoms with Gasteiger partial charge >= 0.3 is 0 Å². The molecule has 1 aromatic heterocycles. The molecule has 1 aromatic carbocycles. The number of hydrogen-bond acceptors (Lipinski definition) is 4. The molecule has 0 saturated heterocycles. The van der Waals surface area contributed by atoms with Crippen molar-refractivity contribution in [2.24, 2.45) is 0 Å². The van der Waals surface area contributed by atoms with Gasteiger partial charge in [-0.25, -0.2) is 0 Å². The van der Waals surface area contributed by atoms with E-state index in [0.717, 1.165) is 23.6 Å². The number of aromatic nitrogens is 2. The molecule has 0 unspecified atom stereocenters. The number of benzene rings is 1. The van der Waals surface area contributed by atoms with Crippen molar-refractivity contribution in [1.82, 2.24) is 14.9 Å². The molecule has 2 aromatic rings. The Labute approximate surface area is 117 Å². The lowest BCUT2D eigenvalue weighted by Gasteiger charge is -2.12. The van der Waals surface area contributed by atoms with Gasteiger partial charge in [0.2, 0.25) is 0 Å². The van der Waals surface area contributed by atoms with E-state index in [1.54, 1.807) is 0 Å². The van der Waals surface area contributed by atoms with E-state index in [-0.39, 0.29) is 11.8 Å². The molecule has 0 aliphatic rings. The first kappa shape index (κ1) is 13.7. The molecule has 0 saturated carbocycles. The zero-order valence-electron chi connectivity index (χ0n) is 11.1. The Hall–Kier alpha value is -1.75. The predicted octanol–water partition coefficient (Wildman–Crippen LogP) is 2.63. The van der Waals surface area contributed by atoms with Crippen LogP contribution in [0.2, 0.25) is 0 Å². The van der Waals surface area contributed by atoms with E-state index >= 15 is 0 Å². The smallest absolute Gasteiger partial charge is 0.264 e. The van der Waals surface area contributed by atoms with E-state index in [1.807, 2.05) is 25.1 Å². The molecular weight excluding hydrogens is 258 g/mol. The predicted molar refractivity (Wildman–Crippen MR) is 76.5 cm³/mol. The first-order chi connectivity index (χ1) is 9.22. The average Bonchev–Trinajstić information content (AvgIpc) is 2.93. The highest BCUT2D eigenvalue weighted by Gasteiger charge is 2.15. The minimum absolute atomic E-state index is 0.0744. The quantitative estimate of drug-likeness (QED) is 0.912. The molecule has 1 amide bonds. The number of nitrogens with zero attached hydrogens (tertiary/aromatic N) is 2. The van der Waals surface area contributed by atoms with E-state index < -0.39 is 0 Å². The van der Waals surface area contributed by atoms with Crippen LogP contribution in [0.4, 0.5) is 0 Å². The lowest BCUT2D eigenvalue weighted by atomic mass is 10.0. The third kappa shape index (κ3) is 3.38. The van der Waals surface area contributed by atoms with Crippen molar-refractivity contribution < 1.29 is 4.79 Å². The summed E-state index contributed by atoms with van der Waals surface area (Å²) >= 11 is 1.16. The summed E-state index contributed by atoms with van der Waals surface area (Å²) in [7, 11) is 0. The SMILES string of the molecule is CCc1nnsc1C(=O)NC[C@H](C)c1ccccc1. The van der Waals surface area contributed by atoms with Gasteiger partial charge in [-0.15, -0.1) is 5.10 Å². The maximum absolute atomic E-state index is 12.0. The molecule has 0 aliphatic carbocycles.